The van der Waals surface area contributed by atoms with Gasteiger partial charge in [-0.15, -0.1) is 0 Å². The summed E-state index contributed by atoms with van der Waals surface area (Å²) >= 11 is 10.0. The fourth-order valence-electron chi connectivity index (χ4n) is 2.01. The summed E-state index contributed by atoms with van der Waals surface area (Å²) in [4.78, 5) is 9.78. The minimum absolute atomic E-state index is 0.338. The Labute approximate surface area is 137 Å². The number of rotatable bonds is 3. The van der Waals surface area contributed by atoms with Gasteiger partial charge in [-0.05, 0) is 59.8 Å². The first-order valence-corrected chi connectivity index (χ1v) is 7.35. The quantitative estimate of drug-likeness (QED) is 0.428. The fourth-order valence-corrected chi connectivity index (χ4v) is 2.46. The Morgan fingerprint density at radius 1 is 0.864 bits per heavy atom. The number of aromatic amines is 2. The lowest BCUT2D eigenvalue weighted by atomic mass is 10.1. The Morgan fingerprint density at radius 2 is 1.45 bits per heavy atom. The molecular formula is C15H13N5S2. The Hall–Kier alpha value is -2.51. The largest absolute Gasteiger partial charge is 0.399 e. The average Bonchev–Trinajstić information content (AvgIpc) is 2.48. The maximum Gasteiger partial charge on any atom is 0.209 e. The van der Waals surface area contributed by atoms with Gasteiger partial charge in [0.1, 0.15) is 0 Å². The van der Waals surface area contributed by atoms with E-state index in [-0.39, 0.29) is 0 Å². The summed E-state index contributed by atoms with van der Waals surface area (Å²) in [7, 11) is 0. The van der Waals surface area contributed by atoms with Gasteiger partial charge in [0.25, 0.3) is 0 Å². The highest BCUT2D eigenvalue weighted by Gasteiger charge is 2.00. The van der Waals surface area contributed by atoms with E-state index in [1.165, 1.54) is 0 Å². The summed E-state index contributed by atoms with van der Waals surface area (Å²) in [6.45, 7) is 0. The molecule has 0 aliphatic heterocycles. The number of benzene rings is 2. The highest BCUT2D eigenvalue weighted by atomic mass is 32.1. The van der Waals surface area contributed by atoms with E-state index >= 15 is 0 Å². The summed E-state index contributed by atoms with van der Waals surface area (Å²) < 4.78 is 0.769. The molecule has 0 radical (unpaired) electrons. The SMILES string of the molecule is Nc1ccc(-c2ccc(Nc3nc(=S)[nH]c(=S)[nH]3)cc2)cc1. The van der Waals surface area contributed by atoms with E-state index in [1.807, 2.05) is 48.5 Å². The Balaban J connectivity index is 1.83. The predicted molar refractivity (Wildman–Crippen MR) is 94.2 cm³/mol. The third-order valence-electron chi connectivity index (χ3n) is 3.06. The first-order valence-electron chi connectivity index (χ1n) is 6.54. The summed E-state index contributed by atoms with van der Waals surface area (Å²) in [5.74, 6) is 0.508. The maximum atomic E-state index is 5.70. The van der Waals surface area contributed by atoms with Crippen LogP contribution < -0.4 is 11.1 Å². The number of hydrogen-bond acceptors (Lipinski definition) is 5. The molecule has 0 spiro atoms. The van der Waals surface area contributed by atoms with Crippen LogP contribution in [0, 0.1) is 9.54 Å². The molecule has 7 heteroatoms. The molecule has 0 saturated carbocycles. The molecule has 110 valence electrons. The van der Waals surface area contributed by atoms with E-state index in [4.69, 9.17) is 30.2 Å². The van der Waals surface area contributed by atoms with Gasteiger partial charge in [-0.3, -0.25) is 0 Å². The summed E-state index contributed by atoms with van der Waals surface area (Å²) in [5, 5.41) is 3.13. The van der Waals surface area contributed by atoms with Crippen LogP contribution in [0.2, 0.25) is 0 Å². The van der Waals surface area contributed by atoms with Crippen molar-refractivity contribution in [3.63, 3.8) is 0 Å². The van der Waals surface area contributed by atoms with Gasteiger partial charge in [-0.1, -0.05) is 24.3 Å². The number of anilines is 3. The van der Waals surface area contributed by atoms with Crippen LogP contribution in [0.15, 0.2) is 48.5 Å². The molecule has 1 aromatic heterocycles. The van der Waals surface area contributed by atoms with Crippen molar-refractivity contribution in [2.24, 2.45) is 0 Å². The van der Waals surface area contributed by atoms with Crippen molar-refractivity contribution in [1.82, 2.24) is 15.0 Å². The number of H-pyrrole nitrogens is 2. The van der Waals surface area contributed by atoms with E-state index in [1.54, 1.807) is 0 Å². The molecule has 0 aliphatic rings. The van der Waals surface area contributed by atoms with Gasteiger partial charge in [-0.25, -0.2) is 0 Å². The Morgan fingerprint density at radius 3 is 2.05 bits per heavy atom. The van der Waals surface area contributed by atoms with Gasteiger partial charge in [0.05, 0.1) is 0 Å². The molecule has 5 N–H and O–H groups in total. The van der Waals surface area contributed by atoms with Crippen LogP contribution in [0.1, 0.15) is 0 Å². The molecule has 0 fully saturated rings. The van der Waals surface area contributed by atoms with Gasteiger partial charge >= 0.3 is 0 Å². The van der Waals surface area contributed by atoms with E-state index in [0.29, 0.717) is 15.5 Å². The fraction of sp³-hybridized carbons (Fsp3) is 0. The molecule has 0 unspecified atom stereocenters. The number of nitrogens with zero attached hydrogens (tertiary/aromatic N) is 1. The van der Waals surface area contributed by atoms with E-state index in [9.17, 15) is 0 Å². The molecular weight excluding hydrogens is 314 g/mol. The third kappa shape index (κ3) is 3.38. The standard InChI is InChI=1S/C15H13N5S2/c16-11-5-1-9(2-6-11)10-3-7-12(8-4-10)17-13-18-14(21)20-15(22)19-13/h1-8H,16H2,(H3,17,18,19,20,21,22). The van der Waals surface area contributed by atoms with Crippen molar-refractivity contribution in [3.05, 3.63) is 58.1 Å². The normalized spacial score (nSPS) is 10.4. The lowest BCUT2D eigenvalue weighted by molar-refractivity contribution is 1.01. The van der Waals surface area contributed by atoms with Crippen LogP contribution in [0.3, 0.4) is 0 Å². The summed E-state index contributed by atoms with van der Waals surface area (Å²) in [6, 6.07) is 15.7. The molecule has 0 aliphatic carbocycles. The van der Waals surface area contributed by atoms with Crippen LogP contribution in [0.25, 0.3) is 11.1 Å². The number of aromatic nitrogens is 3. The van der Waals surface area contributed by atoms with E-state index in [0.717, 1.165) is 22.5 Å². The zero-order chi connectivity index (χ0) is 15.5. The van der Waals surface area contributed by atoms with Crippen molar-refractivity contribution in [3.8, 4) is 11.1 Å². The summed E-state index contributed by atoms with van der Waals surface area (Å²) in [5.41, 5.74) is 9.56. The Kier molecular flexibility index (Phi) is 3.99. The molecule has 0 bridgehead atoms. The maximum absolute atomic E-state index is 5.70. The van der Waals surface area contributed by atoms with E-state index in [2.05, 4.69) is 20.3 Å². The zero-order valence-electron chi connectivity index (χ0n) is 11.5. The third-order valence-corrected chi connectivity index (χ3v) is 3.45. The Bertz CT molecular complexity index is 866. The molecule has 22 heavy (non-hydrogen) atoms. The van der Waals surface area contributed by atoms with Crippen LogP contribution >= 0.6 is 24.4 Å². The molecule has 1 heterocycles. The molecule has 0 amide bonds. The van der Waals surface area contributed by atoms with Gasteiger partial charge in [0.15, 0.2) is 4.77 Å². The average molecular weight is 327 g/mol. The lowest BCUT2D eigenvalue weighted by Gasteiger charge is -2.07. The number of nitrogen functional groups attached to an aromatic ring is 1. The van der Waals surface area contributed by atoms with Crippen molar-refractivity contribution in [1.29, 1.82) is 0 Å². The van der Waals surface area contributed by atoms with E-state index < -0.39 is 0 Å². The molecule has 5 nitrogen and oxygen atoms in total. The minimum atomic E-state index is 0.338. The zero-order valence-corrected chi connectivity index (χ0v) is 13.1. The van der Waals surface area contributed by atoms with Crippen LogP contribution in [-0.2, 0) is 0 Å². The second-order valence-corrected chi connectivity index (χ2v) is 5.46. The van der Waals surface area contributed by atoms with Crippen LogP contribution in [-0.4, -0.2) is 15.0 Å². The van der Waals surface area contributed by atoms with Crippen molar-refractivity contribution in [2.45, 2.75) is 0 Å². The molecule has 3 rings (SSSR count). The van der Waals surface area contributed by atoms with Crippen molar-refractivity contribution >= 4 is 41.8 Å². The molecule has 0 saturated heterocycles. The number of nitrogens with one attached hydrogen (secondary N) is 3. The summed E-state index contributed by atoms with van der Waals surface area (Å²) in [6.07, 6.45) is 0. The minimum Gasteiger partial charge on any atom is -0.399 e. The van der Waals surface area contributed by atoms with Gasteiger partial charge < -0.3 is 21.0 Å². The lowest BCUT2D eigenvalue weighted by Crippen LogP contribution is -1.99. The highest BCUT2D eigenvalue weighted by molar-refractivity contribution is 7.71. The highest BCUT2D eigenvalue weighted by Crippen LogP contribution is 2.23. The van der Waals surface area contributed by atoms with Crippen LogP contribution in [0.4, 0.5) is 17.3 Å². The molecule has 2 aromatic carbocycles. The van der Waals surface area contributed by atoms with Gasteiger partial charge in [-0.2, -0.15) is 4.98 Å². The molecule has 0 atom stereocenters. The number of nitrogens with two attached hydrogens (primary N) is 1. The predicted octanol–water partition coefficient (Wildman–Crippen LogP) is 4.19. The number of hydrogen-bond donors (Lipinski definition) is 4. The van der Waals surface area contributed by atoms with Crippen LogP contribution in [0.5, 0.6) is 0 Å². The second-order valence-electron chi connectivity index (χ2n) is 4.67. The topological polar surface area (TPSA) is 82.5 Å². The monoisotopic (exact) mass is 327 g/mol. The van der Waals surface area contributed by atoms with Crippen molar-refractivity contribution in [2.75, 3.05) is 11.1 Å². The first-order chi connectivity index (χ1) is 10.6. The second kappa shape index (κ2) is 6.08. The van der Waals surface area contributed by atoms with Gasteiger partial charge in [0.2, 0.25) is 10.7 Å². The van der Waals surface area contributed by atoms with Crippen molar-refractivity contribution < 1.29 is 0 Å². The first kappa shape index (κ1) is 14.4. The molecule has 3 aromatic rings. The smallest absolute Gasteiger partial charge is 0.209 e. The van der Waals surface area contributed by atoms with Gasteiger partial charge in [0, 0.05) is 11.4 Å².